The van der Waals surface area contributed by atoms with Crippen molar-refractivity contribution in [1.82, 2.24) is 5.32 Å². The average molecular weight is 361 g/mol. The molecule has 0 spiro atoms. The number of hydrogen-bond acceptors (Lipinski definition) is 2. The van der Waals surface area contributed by atoms with Gasteiger partial charge in [0.15, 0.2) is 6.10 Å². The van der Waals surface area contributed by atoms with E-state index >= 15 is 0 Å². The molecule has 0 aliphatic rings. The smallest absolute Gasteiger partial charge is 0.261 e. The molecule has 0 bridgehead atoms. The second-order valence-electron chi connectivity index (χ2n) is 7.34. The van der Waals surface area contributed by atoms with Crippen molar-refractivity contribution in [3.05, 3.63) is 78.4 Å². The van der Waals surface area contributed by atoms with Gasteiger partial charge in [0, 0.05) is 5.39 Å². The normalized spacial score (nSPS) is 13.3. The Morgan fingerprint density at radius 2 is 1.56 bits per heavy atom. The van der Waals surface area contributed by atoms with Gasteiger partial charge in [0.1, 0.15) is 5.75 Å². The Hall–Kier alpha value is -2.81. The molecular weight excluding hydrogens is 334 g/mol. The van der Waals surface area contributed by atoms with E-state index in [1.165, 1.54) is 0 Å². The van der Waals surface area contributed by atoms with Crippen LogP contribution in [0.5, 0.6) is 5.75 Å². The Balaban J connectivity index is 1.73. The van der Waals surface area contributed by atoms with Crippen LogP contribution in [0.2, 0.25) is 0 Å². The molecule has 2 atom stereocenters. The lowest BCUT2D eigenvalue weighted by molar-refractivity contribution is -0.128. The average Bonchev–Trinajstić information content (AvgIpc) is 2.68. The van der Waals surface area contributed by atoms with E-state index in [-0.39, 0.29) is 11.9 Å². The SMILES string of the molecule is CC(C)C[C@@H](NC(=O)[C@H](C)Oc1cccc2ccccc12)c1ccccc1. The van der Waals surface area contributed by atoms with Crippen molar-refractivity contribution in [1.29, 1.82) is 0 Å². The standard InChI is InChI=1S/C24H27NO2/c1-17(2)16-22(20-11-5-4-6-12-20)25-24(26)18(3)27-23-15-9-13-19-10-7-8-14-21(19)23/h4-15,17-18,22H,16H2,1-3H3,(H,25,26)/t18-,22+/m0/s1. The number of amides is 1. The highest BCUT2D eigenvalue weighted by atomic mass is 16.5. The molecular formula is C24H27NO2. The zero-order chi connectivity index (χ0) is 19.2. The fourth-order valence-corrected chi connectivity index (χ4v) is 3.27. The molecule has 140 valence electrons. The molecule has 0 radical (unpaired) electrons. The minimum absolute atomic E-state index is 0.0164. The molecule has 1 amide bonds. The molecule has 0 aliphatic heterocycles. The minimum Gasteiger partial charge on any atom is -0.480 e. The number of carbonyl (C=O) groups is 1. The first-order valence-corrected chi connectivity index (χ1v) is 9.54. The summed E-state index contributed by atoms with van der Waals surface area (Å²) < 4.78 is 6.02. The second-order valence-corrected chi connectivity index (χ2v) is 7.34. The Bertz CT molecular complexity index is 884. The van der Waals surface area contributed by atoms with Gasteiger partial charge in [-0.05, 0) is 36.3 Å². The van der Waals surface area contributed by atoms with Crippen LogP contribution in [-0.4, -0.2) is 12.0 Å². The van der Waals surface area contributed by atoms with Crippen LogP contribution < -0.4 is 10.1 Å². The minimum atomic E-state index is -0.575. The molecule has 27 heavy (non-hydrogen) atoms. The fraction of sp³-hybridized carbons (Fsp3) is 0.292. The van der Waals surface area contributed by atoms with Crippen LogP contribution in [0.1, 0.15) is 38.8 Å². The van der Waals surface area contributed by atoms with Gasteiger partial charge in [-0.15, -0.1) is 0 Å². The molecule has 0 aromatic heterocycles. The van der Waals surface area contributed by atoms with Crippen LogP contribution in [0.3, 0.4) is 0 Å². The third-order valence-corrected chi connectivity index (χ3v) is 4.65. The van der Waals surface area contributed by atoms with E-state index in [2.05, 4.69) is 31.3 Å². The summed E-state index contributed by atoms with van der Waals surface area (Å²) in [5, 5.41) is 5.29. The Morgan fingerprint density at radius 1 is 0.889 bits per heavy atom. The largest absolute Gasteiger partial charge is 0.480 e. The first-order valence-electron chi connectivity index (χ1n) is 9.54. The van der Waals surface area contributed by atoms with Gasteiger partial charge in [-0.1, -0.05) is 80.6 Å². The second kappa shape index (κ2) is 8.72. The maximum atomic E-state index is 12.8. The summed E-state index contributed by atoms with van der Waals surface area (Å²) in [5.74, 6) is 1.11. The van der Waals surface area contributed by atoms with Gasteiger partial charge < -0.3 is 10.1 Å². The maximum absolute atomic E-state index is 12.8. The molecule has 3 aromatic rings. The first-order chi connectivity index (χ1) is 13.0. The van der Waals surface area contributed by atoms with E-state index in [4.69, 9.17) is 4.74 Å². The lowest BCUT2D eigenvalue weighted by atomic mass is 9.97. The highest BCUT2D eigenvalue weighted by molar-refractivity contribution is 5.89. The van der Waals surface area contributed by atoms with Crippen molar-refractivity contribution >= 4 is 16.7 Å². The van der Waals surface area contributed by atoms with Gasteiger partial charge in [-0.25, -0.2) is 0 Å². The van der Waals surface area contributed by atoms with Crippen molar-refractivity contribution in [2.75, 3.05) is 0 Å². The summed E-state index contributed by atoms with van der Waals surface area (Å²) in [6.07, 6.45) is 0.311. The molecule has 0 saturated carbocycles. The zero-order valence-electron chi connectivity index (χ0n) is 16.2. The van der Waals surface area contributed by atoms with Crippen molar-refractivity contribution in [2.45, 2.75) is 39.3 Å². The third kappa shape index (κ3) is 4.88. The molecule has 0 heterocycles. The fourth-order valence-electron chi connectivity index (χ4n) is 3.27. The van der Waals surface area contributed by atoms with Gasteiger partial charge in [0.25, 0.3) is 5.91 Å². The van der Waals surface area contributed by atoms with Crippen molar-refractivity contribution in [3.8, 4) is 5.75 Å². The lowest BCUT2D eigenvalue weighted by Gasteiger charge is -2.24. The Morgan fingerprint density at radius 3 is 2.30 bits per heavy atom. The summed E-state index contributed by atoms with van der Waals surface area (Å²) in [6, 6.07) is 24.0. The van der Waals surface area contributed by atoms with E-state index in [0.29, 0.717) is 5.92 Å². The summed E-state index contributed by atoms with van der Waals surface area (Å²) >= 11 is 0. The topological polar surface area (TPSA) is 38.3 Å². The van der Waals surface area contributed by atoms with Gasteiger partial charge in [-0.2, -0.15) is 0 Å². The Labute approximate surface area is 161 Å². The number of carbonyl (C=O) groups excluding carboxylic acids is 1. The van der Waals surface area contributed by atoms with E-state index in [1.807, 2.05) is 60.7 Å². The van der Waals surface area contributed by atoms with Crippen LogP contribution in [0.15, 0.2) is 72.8 Å². The van der Waals surface area contributed by atoms with Crippen molar-refractivity contribution in [3.63, 3.8) is 0 Å². The molecule has 0 unspecified atom stereocenters. The molecule has 3 aromatic carbocycles. The predicted octanol–water partition coefficient (Wildman–Crippen LogP) is 5.51. The number of nitrogens with one attached hydrogen (secondary N) is 1. The van der Waals surface area contributed by atoms with E-state index in [0.717, 1.165) is 28.5 Å². The van der Waals surface area contributed by atoms with E-state index < -0.39 is 6.10 Å². The van der Waals surface area contributed by atoms with Gasteiger partial charge in [-0.3, -0.25) is 4.79 Å². The molecule has 0 aliphatic carbocycles. The van der Waals surface area contributed by atoms with Crippen LogP contribution >= 0.6 is 0 Å². The van der Waals surface area contributed by atoms with Crippen LogP contribution in [0.4, 0.5) is 0 Å². The number of benzene rings is 3. The molecule has 3 heteroatoms. The highest BCUT2D eigenvalue weighted by Gasteiger charge is 2.21. The highest BCUT2D eigenvalue weighted by Crippen LogP contribution is 2.26. The first kappa shape index (κ1) is 19.0. The molecule has 3 nitrogen and oxygen atoms in total. The van der Waals surface area contributed by atoms with Crippen molar-refractivity contribution in [2.24, 2.45) is 5.92 Å². The van der Waals surface area contributed by atoms with E-state index in [1.54, 1.807) is 6.92 Å². The number of ether oxygens (including phenoxy) is 1. The predicted molar refractivity (Wildman–Crippen MR) is 111 cm³/mol. The summed E-state index contributed by atoms with van der Waals surface area (Å²) in [6.45, 7) is 6.13. The Kier molecular flexibility index (Phi) is 6.12. The van der Waals surface area contributed by atoms with Crippen LogP contribution in [-0.2, 0) is 4.79 Å². The summed E-state index contributed by atoms with van der Waals surface area (Å²) in [5.41, 5.74) is 1.12. The van der Waals surface area contributed by atoms with Gasteiger partial charge in [0.2, 0.25) is 0 Å². The van der Waals surface area contributed by atoms with Crippen LogP contribution in [0, 0.1) is 5.92 Å². The van der Waals surface area contributed by atoms with Crippen molar-refractivity contribution < 1.29 is 9.53 Å². The van der Waals surface area contributed by atoms with Gasteiger partial charge in [0.05, 0.1) is 6.04 Å². The third-order valence-electron chi connectivity index (χ3n) is 4.65. The zero-order valence-corrected chi connectivity index (χ0v) is 16.2. The molecule has 0 fully saturated rings. The quantitative estimate of drug-likeness (QED) is 0.602. The molecule has 1 N–H and O–H groups in total. The summed E-state index contributed by atoms with van der Waals surface area (Å²) in [7, 11) is 0. The lowest BCUT2D eigenvalue weighted by Crippen LogP contribution is -2.39. The molecule has 0 saturated heterocycles. The van der Waals surface area contributed by atoms with Crippen LogP contribution in [0.25, 0.3) is 10.8 Å². The summed E-state index contributed by atoms with van der Waals surface area (Å²) in [4.78, 5) is 12.8. The monoisotopic (exact) mass is 361 g/mol. The maximum Gasteiger partial charge on any atom is 0.261 e. The number of rotatable bonds is 7. The van der Waals surface area contributed by atoms with Gasteiger partial charge >= 0.3 is 0 Å². The molecule has 3 rings (SSSR count). The number of fused-ring (bicyclic) bond motifs is 1. The number of hydrogen-bond donors (Lipinski definition) is 1. The van der Waals surface area contributed by atoms with E-state index in [9.17, 15) is 4.79 Å².